The number of rotatable bonds is 4. The zero-order chi connectivity index (χ0) is 13.1. The topological polar surface area (TPSA) is 24.5 Å². The molecule has 1 saturated heterocycles. The van der Waals surface area contributed by atoms with Gasteiger partial charge in [0, 0.05) is 31.2 Å². The molecular weight excluding hydrogens is 233 g/mol. The predicted molar refractivity (Wildman–Crippen MR) is 59.7 cm³/mol. The van der Waals surface area contributed by atoms with Crippen molar-refractivity contribution in [2.24, 2.45) is 0 Å². The van der Waals surface area contributed by atoms with Gasteiger partial charge in [0.25, 0.3) is 0 Å². The lowest BCUT2D eigenvalue weighted by Gasteiger charge is -2.47. The van der Waals surface area contributed by atoms with Gasteiger partial charge in [0.15, 0.2) is 0 Å². The second kappa shape index (κ2) is 5.54. The van der Waals surface area contributed by atoms with Crippen molar-refractivity contribution in [2.75, 3.05) is 26.2 Å². The third kappa shape index (κ3) is 4.44. The molecule has 102 valence electrons. The van der Waals surface area contributed by atoms with Crippen LogP contribution in [0.1, 0.15) is 27.2 Å². The number of piperazine rings is 1. The number of hydrogen-bond acceptors (Lipinski definition) is 3. The van der Waals surface area contributed by atoms with Gasteiger partial charge in [-0.15, -0.1) is 13.2 Å². The summed E-state index contributed by atoms with van der Waals surface area (Å²) in [6, 6.07) is 0.306. The van der Waals surface area contributed by atoms with Crippen LogP contribution in [0.2, 0.25) is 0 Å². The van der Waals surface area contributed by atoms with Gasteiger partial charge in [-0.2, -0.15) is 0 Å². The van der Waals surface area contributed by atoms with Crippen molar-refractivity contribution in [1.29, 1.82) is 0 Å². The SMILES string of the molecule is CCC1(C)CNC(C)CN1CCOC(F)(F)F. The lowest BCUT2D eigenvalue weighted by molar-refractivity contribution is -0.325. The summed E-state index contributed by atoms with van der Waals surface area (Å²) >= 11 is 0. The Morgan fingerprint density at radius 2 is 2.12 bits per heavy atom. The first-order valence-corrected chi connectivity index (χ1v) is 5.96. The van der Waals surface area contributed by atoms with Crippen LogP contribution in [0.4, 0.5) is 13.2 Å². The van der Waals surface area contributed by atoms with Crippen molar-refractivity contribution in [1.82, 2.24) is 10.2 Å². The van der Waals surface area contributed by atoms with Gasteiger partial charge in [0.1, 0.15) is 0 Å². The quantitative estimate of drug-likeness (QED) is 0.830. The minimum atomic E-state index is -4.53. The summed E-state index contributed by atoms with van der Waals surface area (Å²) in [5, 5.41) is 3.36. The maximum atomic E-state index is 11.9. The standard InChI is InChI=1S/C11H21F3N2O/c1-4-10(3)8-15-9(2)7-16(10)5-6-17-11(12,13)14/h9,15H,4-8H2,1-3H3. The highest BCUT2D eigenvalue weighted by Gasteiger charge is 2.36. The molecule has 1 N–H and O–H groups in total. The van der Waals surface area contributed by atoms with Crippen LogP contribution in [0.5, 0.6) is 0 Å². The van der Waals surface area contributed by atoms with Crippen LogP contribution in [0, 0.1) is 0 Å². The van der Waals surface area contributed by atoms with Crippen LogP contribution in [-0.4, -0.2) is 49.1 Å². The lowest BCUT2D eigenvalue weighted by atomic mass is 9.92. The second-order valence-corrected chi connectivity index (χ2v) is 4.87. The molecule has 0 saturated carbocycles. The van der Waals surface area contributed by atoms with E-state index in [9.17, 15) is 13.2 Å². The largest absolute Gasteiger partial charge is 0.522 e. The van der Waals surface area contributed by atoms with E-state index in [1.165, 1.54) is 0 Å². The summed E-state index contributed by atoms with van der Waals surface area (Å²) in [6.07, 6.45) is -3.62. The van der Waals surface area contributed by atoms with Crippen LogP contribution in [0.25, 0.3) is 0 Å². The zero-order valence-electron chi connectivity index (χ0n) is 10.6. The monoisotopic (exact) mass is 254 g/mol. The minimum absolute atomic E-state index is 0.0819. The Labute approximate surface area is 100 Å². The molecule has 1 fully saturated rings. The number of halogens is 3. The van der Waals surface area contributed by atoms with E-state index >= 15 is 0 Å². The van der Waals surface area contributed by atoms with E-state index < -0.39 is 6.36 Å². The molecule has 0 bridgehead atoms. The van der Waals surface area contributed by atoms with Gasteiger partial charge in [-0.25, -0.2) is 0 Å². The number of nitrogens with zero attached hydrogens (tertiary/aromatic N) is 1. The molecule has 2 atom stereocenters. The number of hydrogen-bond donors (Lipinski definition) is 1. The fourth-order valence-corrected chi connectivity index (χ4v) is 2.10. The Morgan fingerprint density at radius 3 is 2.65 bits per heavy atom. The summed E-state index contributed by atoms with van der Waals surface area (Å²) in [5.74, 6) is 0. The summed E-state index contributed by atoms with van der Waals surface area (Å²) in [5.41, 5.74) is -0.0819. The normalized spacial score (nSPS) is 31.8. The molecule has 3 nitrogen and oxygen atoms in total. The zero-order valence-corrected chi connectivity index (χ0v) is 10.6. The summed E-state index contributed by atoms with van der Waals surface area (Å²) < 4.78 is 39.6. The van der Waals surface area contributed by atoms with Crippen LogP contribution >= 0.6 is 0 Å². The van der Waals surface area contributed by atoms with E-state index in [0.717, 1.165) is 19.5 Å². The average molecular weight is 254 g/mol. The molecule has 1 aliphatic rings. The van der Waals surface area contributed by atoms with Gasteiger partial charge < -0.3 is 5.32 Å². The molecule has 0 amide bonds. The highest BCUT2D eigenvalue weighted by Crippen LogP contribution is 2.23. The van der Waals surface area contributed by atoms with Crippen molar-refractivity contribution in [3.63, 3.8) is 0 Å². The number of nitrogens with one attached hydrogen (secondary N) is 1. The van der Waals surface area contributed by atoms with E-state index in [2.05, 4.69) is 28.8 Å². The predicted octanol–water partition coefficient (Wildman–Crippen LogP) is 1.99. The first kappa shape index (κ1) is 14.7. The van der Waals surface area contributed by atoms with E-state index in [1.54, 1.807) is 0 Å². The molecular formula is C11H21F3N2O. The smallest absolute Gasteiger partial charge is 0.311 e. The van der Waals surface area contributed by atoms with Gasteiger partial charge in [-0.3, -0.25) is 9.64 Å². The Bertz CT molecular complexity index is 247. The van der Waals surface area contributed by atoms with Crippen LogP contribution in [0.3, 0.4) is 0 Å². The maximum absolute atomic E-state index is 11.9. The Hall–Kier alpha value is -0.330. The van der Waals surface area contributed by atoms with Crippen LogP contribution in [-0.2, 0) is 4.74 Å². The Balaban J connectivity index is 2.47. The lowest BCUT2D eigenvalue weighted by Crippen LogP contribution is -2.62. The van der Waals surface area contributed by atoms with Gasteiger partial charge in [0.05, 0.1) is 6.61 Å². The average Bonchev–Trinajstić information content (AvgIpc) is 2.22. The molecule has 1 aliphatic heterocycles. The van der Waals surface area contributed by atoms with Crippen LogP contribution in [0.15, 0.2) is 0 Å². The van der Waals surface area contributed by atoms with Crippen molar-refractivity contribution in [2.45, 2.75) is 45.1 Å². The number of ether oxygens (including phenoxy) is 1. The van der Waals surface area contributed by atoms with Crippen LogP contribution < -0.4 is 5.32 Å². The molecule has 1 rings (SSSR count). The number of alkyl halides is 3. The molecule has 0 spiro atoms. The van der Waals surface area contributed by atoms with E-state index in [4.69, 9.17) is 0 Å². The van der Waals surface area contributed by atoms with E-state index in [0.29, 0.717) is 12.6 Å². The molecule has 1 heterocycles. The van der Waals surface area contributed by atoms with Crippen molar-refractivity contribution in [3.8, 4) is 0 Å². The molecule has 0 aromatic rings. The van der Waals surface area contributed by atoms with E-state index in [1.807, 2.05) is 6.92 Å². The molecule has 0 radical (unpaired) electrons. The highest BCUT2D eigenvalue weighted by molar-refractivity contribution is 4.93. The Morgan fingerprint density at radius 1 is 1.47 bits per heavy atom. The summed E-state index contributed by atoms with van der Waals surface area (Å²) in [7, 11) is 0. The highest BCUT2D eigenvalue weighted by atomic mass is 19.4. The molecule has 0 aromatic carbocycles. The third-order valence-electron chi connectivity index (χ3n) is 3.48. The first-order valence-electron chi connectivity index (χ1n) is 5.96. The van der Waals surface area contributed by atoms with E-state index in [-0.39, 0.29) is 12.1 Å². The fourth-order valence-electron chi connectivity index (χ4n) is 2.10. The molecule has 0 aromatic heterocycles. The third-order valence-corrected chi connectivity index (χ3v) is 3.48. The fraction of sp³-hybridized carbons (Fsp3) is 1.00. The molecule has 0 aliphatic carbocycles. The molecule has 17 heavy (non-hydrogen) atoms. The van der Waals surface area contributed by atoms with Gasteiger partial charge in [-0.1, -0.05) is 6.92 Å². The van der Waals surface area contributed by atoms with Crippen molar-refractivity contribution in [3.05, 3.63) is 0 Å². The molecule has 6 heteroatoms. The summed E-state index contributed by atoms with van der Waals surface area (Å²) in [6.45, 7) is 7.73. The van der Waals surface area contributed by atoms with Crippen molar-refractivity contribution < 1.29 is 17.9 Å². The van der Waals surface area contributed by atoms with Gasteiger partial charge in [-0.05, 0) is 20.3 Å². The molecule has 2 unspecified atom stereocenters. The van der Waals surface area contributed by atoms with Crippen molar-refractivity contribution >= 4 is 0 Å². The van der Waals surface area contributed by atoms with Gasteiger partial charge >= 0.3 is 6.36 Å². The Kier molecular flexibility index (Phi) is 4.80. The second-order valence-electron chi connectivity index (χ2n) is 4.87. The minimum Gasteiger partial charge on any atom is -0.311 e. The van der Waals surface area contributed by atoms with Gasteiger partial charge in [0.2, 0.25) is 0 Å². The first-order chi connectivity index (χ1) is 7.77. The maximum Gasteiger partial charge on any atom is 0.522 e. The summed E-state index contributed by atoms with van der Waals surface area (Å²) in [4.78, 5) is 2.08.